The van der Waals surface area contributed by atoms with Gasteiger partial charge in [0, 0.05) is 6.54 Å². The smallest absolute Gasteiger partial charge is 0.164 e. The van der Waals surface area contributed by atoms with Gasteiger partial charge in [0.25, 0.3) is 0 Å². The van der Waals surface area contributed by atoms with E-state index in [1.54, 1.807) is 0 Å². The zero-order valence-corrected chi connectivity index (χ0v) is 12.4. The molecular formula is C14H14INO3. The first kappa shape index (κ1) is 12.8. The summed E-state index contributed by atoms with van der Waals surface area (Å²) in [6.45, 7) is 2.00. The Hall–Kier alpha value is -1.21. The minimum atomic E-state index is 0.0314. The van der Waals surface area contributed by atoms with Crippen LogP contribution < -0.4 is 14.8 Å². The fraction of sp³-hybridized carbons (Fsp3) is 0.286. The fourth-order valence-corrected chi connectivity index (χ4v) is 2.43. The summed E-state index contributed by atoms with van der Waals surface area (Å²) >= 11 is 2.16. The summed E-state index contributed by atoms with van der Waals surface area (Å²) in [6, 6.07) is 11.7. The number of halogens is 1. The molecule has 0 saturated heterocycles. The Morgan fingerprint density at radius 2 is 2.00 bits per heavy atom. The molecule has 1 aromatic heterocycles. The summed E-state index contributed by atoms with van der Waals surface area (Å²) in [4.78, 5) is 0. The molecule has 0 spiro atoms. The number of ether oxygens (including phenoxy) is 2. The van der Waals surface area contributed by atoms with Crippen molar-refractivity contribution in [2.45, 2.75) is 12.6 Å². The molecule has 1 N–H and O–H groups in total. The van der Waals surface area contributed by atoms with Crippen molar-refractivity contribution >= 4 is 22.6 Å². The normalized spacial score (nSPS) is 17.4. The van der Waals surface area contributed by atoms with E-state index in [4.69, 9.17) is 13.9 Å². The number of hydrogen-bond acceptors (Lipinski definition) is 4. The van der Waals surface area contributed by atoms with Gasteiger partial charge in [0.2, 0.25) is 0 Å². The average Bonchev–Trinajstić information content (AvgIpc) is 2.84. The lowest BCUT2D eigenvalue weighted by Crippen LogP contribution is -2.38. The van der Waals surface area contributed by atoms with Crippen LogP contribution in [-0.4, -0.2) is 19.3 Å². The predicted molar refractivity (Wildman–Crippen MR) is 79.5 cm³/mol. The third-order valence-electron chi connectivity index (χ3n) is 2.87. The van der Waals surface area contributed by atoms with Gasteiger partial charge in [-0.1, -0.05) is 12.1 Å². The van der Waals surface area contributed by atoms with E-state index in [-0.39, 0.29) is 6.10 Å². The van der Waals surface area contributed by atoms with E-state index in [9.17, 15) is 0 Å². The molecule has 2 heterocycles. The molecule has 5 heteroatoms. The molecule has 0 saturated carbocycles. The largest absolute Gasteiger partial charge is 0.486 e. The topological polar surface area (TPSA) is 43.6 Å². The SMILES string of the molecule is Ic1ccc(CNCC2COc3ccccc3O2)o1. The van der Waals surface area contributed by atoms with Crippen LogP contribution in [0.15, 0.2) is 40.8 Å². The maximum absolute atomic E-state index is 5.86. The van der Waals surface area contributed by atoms with E-state index in [1.165, 1.54) is 0 Å². The fourth-order valence-electron chi connectivity index (χ4n) is 1.97. The highest BCUT2D eigenvalue weighted by Crippen LogP contribution is 2.30. The zero-order chi connectivity index (χ0) is 13.1. The first-order valence-electron chi connectivity index (χ1n) is 6.15. The van der Waals surface area contributed by atoms with Gasteiger partial charge < -0.3 is 19.2 Å². The Balaban J connectivity index is 1.50. The molecule has 0 radical (unpaired) electrons. The number of furan rings is 1. The summed E-state index contributed by atoms with van der Waals surface area (Å²) in [5.41, 5.74) is 0. The molecule has 1 unspecified atom stereocenters. The van der Waals surface area contributed by atoms with Crippen molar-refractivity contribution in [3.05, 3.63) is 45.9 Å². The highest BCUT2D eigenvalue weighted by atomic mass is 127. The van der Waals surface area contributed by atoms with E-state index in [0.717, 1.165) is 27.6 Å². The van der Waals surface area contributed by atoms with Crippen LogP contribution in [0.2, 0.25) is 0 Å². The van der Waals surface area contributed by atoms with Crippen molar-refractivity contribution in [1.82, 2.24) is 5.32 Å². The molecule has 1 aliphatic heterocycles. The van der Waals surface area contributed by atoms with Crippen molar-refractivity contribution in [2.75, 3.05) is 13.2 Å². The van der Waals surface area contributed by atoms with Crippen LogP contribution in [0.4, 0.5) is 0 Å². The number of hydrogen-bond donors (Lipinski definition) is 1. The molecule has 0 amide bonds. The number of nitrogens with one attached hydrogen (secondary N) is 1. The molecule has 100 valence electrons. The minimum Gasteiger partial charge on any atom is -0.486 e. The third-order valence-corrected chi connectivity index (χ3v) is 3.45. The van der Waals surface area contributed by atoms with Gasteiger partial charge >= 0.3 is 0 Å². The summed E-state index contributed by atoms with van der Waals surface area (Å²) < 4.78 is 17.9. The Kier molecular flexibility index (Phi) is 3.93. The number of fused-ring (bicyclic) bond motifs is 1. The minimum absolute atomic E-state index is 0.0314. The number of rotatable bonds is 4. The summed E-state index contributed by atoms with van der Waals surface area (Å²) in [6.07, 6.45) is 0.0314. The molecule has 0 aliphatic carbocycles. The second-order valence-corrected chi connectivity index (χ2v) is 5.40. The Morgan fingerprint density at radius 3 is 2.79 bits per heavy atom. The van der Waals surface area contributed by atoms with Gasteiger partial charge in [-0.05, 0) is 46.9 Å². The van der Waals surface area contributed by atoms with Crippen LogP contribution in [0.3, 0.4) is 0 Å². The maximum Gasteiger partial charge on any atom is 0.164 e. The average molecular weight is 371 g/mol. The van der Waals surface area contributed by atoms with Crippen LogP contribution >= 0.6 is 22.6 Å². The van der Waals surface area contributed by atoms with Gasteiger partial charge in [-0.25, -0.2) is 0 Å². The zero-order valence-electron chi connectivity index (χ0n) is 10.3. The quantitative estimate of drug-likeness (QED) is 0.840. The van der Waals surface area contributed by atoms with Crippen LogP contribution in [0.1, 0.15) is 5.76 Å². The molecule has 1 aliphatic rings. The van der Waals surface area contributed by atoms with Crippen LogP contribution in [0, 0.1) is 3.77 Å². The summed E-state index contributed by atoms with van der Waals surface area (Å²) in [5.74, 6) is 2.56. The van der Waals surface area contributed by atoms with Gasteiger partial charge in [-0.15, -0.1) is 0 Å². The third kappa shape index (κ3) is 3.22. The Bertz CT molecular complexity index is 555. The molecule has 1 aromatic carbocycles. The first-order chi connectivity index (χ1) is 9.31. The molecule has 0 fully saturated rings. The molecule has 19 heavy (non-hydrogen) atoms. The summed E-state index contributed by atoms with van der Waals surface area (Å²) in [7, 11) is 0. The second-order valence-electron chi connectivity index (χ2n) is 4.33. The maximum atomic E-state index is 5.86. The van der Waals surface area contributed by atoms with Gasteiger partial charge in [0.15, 0.2) is 15.3 Å². The van der Waals surface area contributed by atoms with Crippen LogP contribution in [0.5, 0.6) is 11.5 Å². The van der Waals surface area contributed by atoms with E-state index in [0.29, 0.717) is 13.2 Å². The monoisotopic (exact) mass is 371 g/mol. The van der Waals surface area contributed by atoms with Crippen molar-refractivity contribution in [3.8, 4) is 11.5 Å². The number of para-hydroxylation sites is 2. The van der Waals surface area contributed by atoms with Crippen molar-refractivity contribution in [2.24, 2.45) is 0 Å². The van der Waals surface area contributed by atoms with Gasteiger partial charge in [0.05, 0.1) is 6.54 Å². The molecule has 2 aromatic rings. The highest BCUT2D eigenvalue weighted by molar-refractivity contribution is 14.1. The Morgan fingerprint density at radius 1 is 1.16 bits per heavy atom. The lowest BCUT2D eigenvalue weighted by molar-refractivity contribution is 0.0898. The second kappa shape index (κ2) is 5.83. The summed E-state index contributed by atoms with van der Waals surface area (Å²) in [5, 5.41) is 3.31. The van der Waals surface area contributed by atoms with Gasteiger partial charge in [-0.3, -0.25) is 0 Å². The van der Waals surface area contributed by atoms with Crippen molar-refractivity contribution < 1.29 is 13.9 Å². The highest BCUT2D eigenvalue weighted by Gasteiger charge is 2.19. The van der Waals surface area contributed by atoms with Crippen LogP contribution in [-0.2, 0) is 6.54 Å². The molecular weight excluding hydrogens is 357 g/mol. The predicted octanol–water partition coefficient (Wildman–Crippen LogP) is 2.81. The van der Waals surface area contributed by atoms with Gasteiger partial charge in [-0.2, -0.15) is 0 Å². The van der Waals surface area contributed by atoms with E-state index in [2.05, 4.69) is 27.9 Å². The van der Waals surface area contributed by atoms with Gasteiger partial charge in [0.1, 0.15) is 18.5 Å². The lowest BCUT2D eigenvalue weighted by Gasteiger charge is -2.26. The first-order valence-corrected chi connectivity index (χ1v) is 7.22. The van der Waals surface area contributed by atoms with Crippen molar-refractivity contribution in [1.29, 1.82) is 0 Å². The lowest BCUT2D eigenvalue weighted by atomic mass is 10.2. The Labute approximate surface area is 125 Å². The van der Waals surface area contributed by atoms with Crippen LogP contribution in [0.25, 0.3) is 0 Å². The van der Waals surface area contributed by atoms with E-state index in [1.807, 2.05) is 36.4 Å². The molecule has 3 rings (SSSR count). The van der Waals surface area contributed by atoms with Crippen molar-refractivity contribution in [3.63, 3.8) is 0 Å². The van der Waals surface area contributed by atoms with E-state index >= 15 is 0 Å². The molecule has 4 nitrogen and oxygen atoms in total. The molecule has 0 bridgehead atoms. The molecule has 1 atom stereocenters. The standard InChI is InChI=1S/C14H14INO3/c15-14-6-5-10(19-14)7-16-8-11-9-17-12-3-1-2-4-13(12)18-11/h1-6,11,16H,7-9H2. The van der Waals surface area contributed by atoms with E-state index < -0.39 is 0 Å². The number of benzene rings is 1.